The highest BCUT2D eigenvalue weighted by atomic mass is 15.2. The second kappa shape index (κ2) is 7.56. The van der Waals surface area contributed by atoms with Crippen LogP contribution in [0.5, 0.6) is 0 Å². The molecule has 1 atom stereocenters. The Bertz CT molecular complexity index is 546. The lowest BCUT2D eigenvalue weighted by molar-refractivity contribution is 0.247. The van der Waals surface area contributed by atoms with Crippen molar-refractivity contribution >= 4 is 5.96 Å². The minimum atomic E-state index is 0.278. The predicted molar refractivity (Wildman–Crippen MR) is 102 cm³/mol. The predicted octanol–water partition coefficient (Wildman–Crippen LogP) is 2.76. The third-order valence-electron chi connectivity index (χ3n) is 5.51. The van der Waals surface area contributed by atoms with E-state index in [9.17, 15) is 0 Å². The molecule has 2 aliphatic rings. The van der Waals surface area contributed by atoms with E-state index in [-0.39, 0.29) is 5.41 Å². The van der Waals surface area contributed by atoms with Gasteiger partial charge < -0.3 is 10.6 Å². The quantitative estimate of drug-likeness (QED) is 0.569. The van der Waals surface area contributed by atoms with E-state index in [2.05, 4.69) is 66.8 Å². The Morgan fingerprint density at radius 2 is 1.96 bits per heavy atom. The molecule has 1 aromatic carbocycles. The van der Waals surface area contributed by atoms with Gasteiger partial charge in [0.15, 0.2) is 5.96 Å². The lowest BCUT2D eigenvalue weighted by Crippen LogP contribution is -2.45. The summed E-state index contributed by atoms with van der Waals surface area (Å²) in [4.78, 5) is 7.38. The van der Waals surface area contributed by atoms with Crippen LogP contribution < -0.4 is 10.6 Å². The highest BCUT2D eigenvalue weighted by Gasteiger charge is 2.44. The average Bonchev–Trinajstić information content (AvgIpc) is 3.51. The van der Waals surface area contributed by atoms with Crippen LogP contribution in [-0.2, 0) is 5.41 Å². The van der Waals surface area contributed by atoms with E-state index >= 15 is 0 Å². The molecule has 2 fully saturated rings. The van der Waals surface area contributed by atoms with Gasteiger partial charge in [0, 0.05) is 30.6 Å². The van der Waals surface area contributed by atoms with Crippen LogP contribution in [0, 0.1) is 0 Å². The zero-order chi connectivity index (χ0) is 17.0. The van der Waals surface area contributed by atoms with Crippen LogP contribution in [0.15, 0.2) is 35.3 Å². The Morgan fingerprint density at radius 3 is 2.54 bits per heavy atom. The van der Waals surface area contributed by atoms with Crippen molar-refractivity contribution in [1.82, 2.24) is 15.5 Å². The van der Waals surface area contributed by atoms with E-state index in [1.54, 1.807) is 0 Å². The minimum absolute atomic E-state index is 0.278. The standard InChI is InChI=1S/C20H32N4/c1-4-21-19(22-14-16(2)24(3)18-10-11-18)23-15-20(12-13-20)17-8-6-5-7-9-17/h5-9,16,18H,4,10-15H2,1-3H3,(H2,21,22,23). The van der Waals surface area contributed by atoms with Crippen molar-refractivity contribution in [3.63, 3.8) is 0 Å². The summed E-state index contributed by atoms with van der Waals surface area (Å²) >= 11 is 0. The van der Waals surface area contributed by atoms with Gasteiger partial charge in [0.25, 0.3) is 0 Å². The molecule has 0 amide bonds. The molecular weight excluding hydrogens is 296 g/mol. The summed E-state index contributed by atoms with van der Waals surface area (Å²) in [7, 11) is 2.24. The van der Waals surface area contributed by atoms with Crippen molar-refractivity contribution < 1.29 is 0 Å². The first-order chi connectivity index (χ1) is 11.6. The van der Waals surface area contributed by atoms with Gasteiger partial charge in [-0.15, -0.1) is 0 Å². The first kappa shape index (κ1) is 17.3. The molecule has 0 saturated heterocycles. The van der Waals surface area contributed by atoms with Crippen molar-refractivity contribution in [2.75, 3.05) is 26.7 Å². The Morgan fingerprint density at radius 1 is 1.25 bits per heavy atom. The number of likely N-dealkylation sites (N-methyl/N-ethyl adjacent to an activating group) is 1. The summed E-state index contributed by atoms with van der Waals surface area (Å²) in [5.41, 5.74) is 1.71. The maximum atomic E-state index is 4.89. The van der Waals surface area contributed by atoms with Gasteiger partial charge in [-0.1, -0.05) is 30.3 Å². The number of rotatable bonds is 8. The minimum Gasteiger partial charge on any atom is -0.357 e. The van der Waals surface area contributed by atoms with E-state index in [0.29, 0.717) is 6.04 Å². The lowest BCUT2D eigenvalue weighted by atomic mass is 9.96. The van der Waals surface area contributed by atoms with Gasteiger partial charge >= 0.3 is 0 Å². The summed E-state index contributed by atoms with van der Waals surface area (Å²) in [5.74, 6) is 0.954. The second-order valence-corrected chi connectivity index (χ2v) is 7.47. The van der Waals surface area contributed by atoms with E-state index < -0.39 is 0 Å². The fourth-order valence-corrected chi connectivity index (χ4v) is 3.28. The van der Waals surface area contributed by atoms with Gasteiger partial charge in [0.05, 0.1) is 6.54 Å². The van der Waals surface area contributed by atoms with Gasteiger partial charge in [0.2, 0.25) is 0 Å². The molecule has 0 heterocycles. The monoisotopic (exact) mass is 328 g/mol. The maximum Gasteiger partial charge on any atom is 0.191 e. The number of aliphatic imine (C=N–C) groups is 1. The Kier molecular flexibility index (Phi) is 5.44. The van der Waals surface area contributed by atoms with Crippen LogP contribution in [0.25, 0.3) is 0 Å². The molecule has 2 saturated carbocycles. The summed E-state index contributed by atoms with van der Waals surface area (Å²) in [5, 5.41) is 6.93. The van der Waals surface area contributed by atoms with Crippen molar-refractivity contribution in [3.8, 4) is 0 Å². The topological polar surface area (TPSA) is 39.7 Å². The second-order valence-electron chi connectivity index (χ2n) is 7.47. The molecule has 0 bridgehead atoms. The SMILES string of the molecule is CCNC(=NCC1(c2ccccc2)CC1)NCC(C)N(C)C1CC1. The van der Waals surface area contributed by atoms with Gasteiger partial charge in [-0.05, 0) is 52.1 Å². The number of guanidine groups is 1. The highest BCUT2D eigenvalue weighted by molar-refractivity contribution is 5.79. The molecule has 3 rings (SSSR count). The molecule has 0 spiro atoms. The molecule has 4 heteroatoms. The van der Waals surface area contributed by atoms with Crippen LogP contribution in [-0.4, -0.2) is 49.6 Å². The Hall–Kier alpha value is -1.55. The first-order valence-electron chi connectivity index (χ1n) is 9.44. The fourth-order valence-electron chi connectivity index (χ4n) is 3.28. The molecule has 2 N–H and O–H groups in total. The maximum absolute atomic E-state index is 4.89. The van der Waals surface area contributed by atoms with Crippen molar-refractivity contribution in [1.29, 1.82) is 0 Å². The van der Waals surface area contributed by atoms with E-state index in [0.717, 1.165) is 31.6 Å². The van der Waals surface area contributed by atoms with Gasteiger partial charge in [-0.3, -0.25) is 9.89 Å². The van der Waals surface area contributed by atoms with Crippen LogP contribution >= 0.6 is 0 Å². The zero-order valence-electron chi connectivity index (χ0n) is 15.4. The third kappa shape index (κ3) is 4.29. The zero-order valence-corrected chi connectivity index (χ0v) is 15.4. The normalized spacial score (nSPS) is 20.8. The van der Waals surface area contributed by atoms with Crippen molar-refractivity contribution in [2.45, 2.75) is 57.0 Å². The number of hydrogen-bond acceptors (Lipinski definition) is 2. The third-order valence-corrected chi connectivity index (χ3v) is 5.51. The van der Waals surface area contributed by atoms with Gasteiger partial charge in [-0.25, -0.2) is 0 Å². The summed E-state index contributed by atoms with van der Waals surface area (Å²) < 4.78 is 0. The van der Waals surface area contributed by atoms with Gasteiger partial charge in [-0.2, -0.15) is 0 Å². The summed E-state index contributed by atoms with van der Waals surface area (Å²) in [6.45, 7) is 7.13. The van der Waals surface area contributed by atoms with E-state index in [4.69, 9.17) is 4.99 Å². The molecule has 24 heavy (non-hydrogen) atoms. The molecule has 0 aromatic heterocycles. The molecule has 4 nitrogen and oxygen atoms in total. The molecule has 1 unspecified atom stereocenters. The fraction of sp³-hybridized carbons (Fsp3) is 0.650. The smallest absolute Gasteiger partial charge is 0.191 e. The lowest BCUT2D eigenvalue weighted by Gasteiger charge is -2.25. The Labute approximate surface area is 146 Å². The van der Waals surface area contributed by atoms with Crippen LogP contribution in [0.4, 0.5) is 0 Å². The average molecular weight is 329 g/mol. The van der Waals surface area contributed by atoms with Crippen LogP contribution in [0.3, 0.4) is 0 Å². The molecule has 132 valence electrons. The van der Waals surface area contributed by atoms with Gasteiger partial charge in [0.1, 0.15) is 0 Å². The number of nitrogens with zero attached hydrogens (tertiary/aromatic N) is 2. The highest BCUT2D eigenvalue weighted by Crippen LogP contribution is 2.48. The molecule has 1 aromatic rings. The number of benzene rings is 1. The molecule has 0 aliphatic heterocycles. The summed E-state index contributed by atoms with van der Waals surface area (Å²) in [6.07, 6.45) is 5.21. The van der Waals surface area contributed by atoms with E-state index in [1.165, 1.54) is 31.2 Å². The van der Waals surface area contributed by atoms with E-state index in [1.807, 2.05) is 0 Å². The Balaban J connectivity index is 1.55. The molecular formula is C20H32N4. The van der Waals surface area contributed by atoms with Crippen LogP contribution in [0.2, 0.25) is 0 Å². The van der Waals surface area contributed by atoms with Crippen molar-refractivity contribution in [2.24, 2.45) is 4.99 Å². The molecule has 2 aliphatic carbocycles. The first-order valence-corrected chi connectivity index (χ1v) is 9.44. The largest absolute Gasteiger partial charge is 0.357 e. The summed E-state index contributed by atoms with van der Waals surface area (Å²) in [6, 6.07) is 12.2. The van der Waals surface area contributed by atoms with Crippen molar-refractivity contribution in [3.05, 3.63) is 35.9 Å². The number of nitrogens with one attached hydrogen (secondary N) is 2. The molecule has 0 radical (unpaired) electrons. The van der Waals surface area contributed by atoms with Crippen LogP contribution in [0.1, 0.15) is 45.1 Å². The number of hydrogen-bond donors (Lipinski definition) is 2.